The van der Waals surface area contributed by atoms with Crippen molar-refractivity contribution in [2.75, 3.05) is 0 Å². The van der Waals surface area contributed by atoms with Crippen LogP contribution in [0.5, 0.6) is 0 Å². The highest BCUT2D eigenvalue weighted by Crippen LogP contribution is 2.26. The molecule has 1 atom stereocenters. The van der Waals surface area contributed by atoms with Crippen LogP contribution in [-0.2, 0) is 11.2 Å². The zero-order valence-electron chi connectivity index (χ0n) is 13.0. The number of hydrogen-bond acceptors (Lipinski definition) is 2. The molecule has 0 spiro atoms. The lowest BCUT2D eigenvalue weighted by atomic mass is 9.81. The van der Waals surface area contributed by atoms with Gasteiger partial charge in [0.15, 0.2) is 0 Å². The van der Waals surface area contributed by atoms with E-state index in [-0.39, 0.29) is 24.4 Å². The maximum atomic E-state index is 12.4. The Hall–Kier alpha value is -1.06. The van der Waals surface area contributed by atoms with Crippen molar-refractivity contribution in [1.29, 1.82) is 0 Å². The second-order valence-electron chi connectivity index (χ2n) is 6.22. The maximum absolute atomic E-state index is 12.4. The predicted octanol–water partition coefficient (Wildman–Crippen LogP) is 3.13. The fourth-order valence-electron chi connectivity index (χ4n) is 3.00. The molecule has 1 aliphatic rings. The third kappa shape index (κ3) is 4.72. The quantitative estimate of drug-likeness (QED) is 0.897. The summed E-state index contributed by atoms with van der Waals surface area (Å²) in [7, 11) is 0. The molecule has 3 nitrogen and oxygen atoms in total. The molecule has 4 heteroatoms. The molecule has 0 bridgehead atoms. The Bertz CT molecular complexity index is 470. The third-order valence-electron chi connectivity index (χ3n) is 4.36. The molecule has 1 aromatic carbocycles. The van der Waals surface area contributed by atoms with Gasteiger partial charge in [0.05, 0.1) is 5.54 Å². The maximum Gasteiger partial charge on any atom is 0.240 e. The molecule has 1 aliphatic carbocycles. The van der Waals surface area contributed by atoms with E-state index in [1.165, 1.54) is 17.5 Å². The van der Waals surface area contributed by atoms with Crippen LogP contribution in [0.2, 0.25) is 0 Å². The van der Waals surface area contributed by atoms with Crippen molar-refractivity contribution < 1.29 is 4.79 Å². The van der Waals surface area contributed by atoms with E-state index in [0.717, 1.165) is 32.1 Å². The van der Waals surface area contributed by atoms with Gasteiger partial charge in [-0.25, -0.2) is 0 Å². The lowest BCUT2D eigenvalue weighted by Gasteiger charge is -2.33. The third-order valence-corrected chi connectivity index (χ3v) is 4.36. The van der Waals surface area contributed by atoms with Gasteiger partial charge in [-0.15, -0.1) is 12.4 Å². The number of benzene rings is 1. The van der Waals surface area contributed by atoms with Gasteiger partial charge in [-0.3, -0.25) is 4.79 Å². The highest BCUT2D eigenvalue weighted by Gasteiger charge is 2.35. The lowest BCUT2D eigenvalue weighted by Crippen LogP contribution is -2.56. The molecule has 1 fully saturated rings. The van der Waals surface area contributed by atoms with Crippen LogP contribution in [0.25, 0.3) is 0 Å². The molecule has 3 N–H and O–H groups in total. The Morgan fingerprint density at radius 2 is 1.90 bits per heavy atom. The van der Waals surface area contributed by atoms with E-state index < -0.39 is 5.54 Å². The summed E-state index contributed by atoms with van der Waals surface area (Å²) < 4.78 is 0. The number of nitrogens with two attached hydrogens (primary N) is 1. The molecule has 2 rings (SSSR count). The molecule has 1 saturated carbocycles. The van der Waals surface area contributed by atoms with Gasteiger partial charge in [-0.05, 0) is 44.2 Å². The highest BCUT2D eigenvalue weighted by atomic mass is 35.5. The average Bonchev–Trinajstić information content (AvgIpc) is 2.42. The van der Waals surface area contributed by atoms with E-state index >= 15 is 0 Å². The van der Waals surface area contributed by atoms with Crippen molar-refractivity contribution in [2.45, 2.75) is 64.0 Å². The van der Waals surface area contributed by atoms with Gasteiger partial charge in [0, 0.05) is 6.04 Å². The molecule has 21 heavy (non-hydrogen) atoms. The number of rotatable bonds is 4. The molecule has 0 aromatic heterocycles. The summed E-state index contributed by atoms with van der Waals surface area (Å²) in [4.78, 5) is 12.4. The van der Waals surface area contributed by atoms with Crippen molar-refractivity contribution in [1.82, 2.24) is 5.32 Å². The summed E-state index contributed by atoms with van der Waals surface area (Å²) in [6, 6.07) is 8.43. The van der Waals surface area contributed by atoms with Gasteiger partial charge < -0.3 is 11.1 Å². The monoisotopic (exact) mass is 310 g/mol. The molecule has 1 unspecified atom stereocenters. The minimum Gasteiger partial charge on any atom is -0.352 e. The van der Waals surface area contributed by atoms with Crippen LogP contribution in [0.4, 0.5) is 0 Å². The second kappa shape index (κ2) is 7.81. The first kappa shape index (κ1) is 18.0. The summed E-state index contributed by atoms with van der Waals surface area (Å²) in [5.41, 5.74) is 8.18. The Labute approximate surface area is 134 Å². The van der Waals surface area contributed by atoms with Crippen LogP contribution in [-0.4, -0.2) is 17.5 Å². The van der Waals surface area contributed by atoms with E-state index in [9.17, 15) is 4.79 Å². The zero-order valence-corrected chi connectivity index (χ0v) is 13.8. The fraction of sp³-hybridized carbons (Fsp3) is 0.588. The van der Waals surface area contributed by atoms with Crippen molar-refractivity contribution in [3.8, 4) is 0 Å². The fourth-order valence-corrected chi connectivity index (χ4v) is 3.00. The Balaban J connectivity index is 0.00000220. The largest absolute Gasteiger partial charge is 0.352 e. The van der Waals surface area contributed by atoms with Crippen LogP contribution in [0.1, 0.15) is 50.2 Å². The Morgan fingerprint density at radius 3 is 2.52 bits per heavy atom. The van der Waals surface area contributed by atoms with E-state index in [2.05, 4.69) is 31.3 Å². The van der Waals surface area contributed by atoms with Gasteiger partial charge in [0.1, 0.15) is 0 Å². The number of carbonyl (C=O) groups excluding carboxylic acids is 1. The second-order valence-corrected chi connectivity index (χ2v) is 6.22. The standard InChI is InChI=1S/C17H26N2O.ClH/c1-13-8-4-5-9-15(13)12-14(2)19-16(20)17(18)10-6-3-7-11-17;/h4-5,8-9,14H,3,6-7,10-12,18H2,1-2H3,(H,19,20);1H. The smallest absolute Gasteiger partial charge is 0.240 e. The van der Waals surface area contributed by atoms with Gasteiger partial charge in [0.2, 0.25) is 5.91 Å². The van der Waals surface area contributed by atoms with Crippen LogP contribution in [0, 0.1) is 6.92 Å². The number of hydrogen-bond donors (Lipinski definition) is 2. The molecular weight excluding hydrogens is 284 g/mol. The number of aryl methyl sites for hydroxylation is 1. The lowest BCUT2D eigenvalue weighted by molar-refractivity contribution is -0.128. The highest BCUT2D eigenvalue weighted by molar-refractivity contribution is 5.86. The minimum absolute atomic E-state index is 0. The molecule has 1 amide bonds. The molecule has 0 saturated heterocycles. The molecule has 0 heterocycles. The molecular formula is C17H27ClN2O. The normalized spacial score (nSPS) is 18.4. The van der Waals surface area contributed by atoms with Gasteiger partial charge in [-0.1, -0.05) is 43.5 Å². The number of amides is 1. The van der Waals surface area contributed by atoms with Crippen LogP contribution >= 0.6 is 12.4 Å². The first-order chi connectivity index (χ1) is 9.51. The van der Waals surface area contributed by atoms with E-state index in [1.807, 2.05) is 12.1 Å². The SMILES string of the molecule is Cc1ccccc1CC(C)NC(=O)C1(N)CCCCC1.Cl. The van der Waals surface area contributed by atoms with Crippen molar-refractivity contribution >= 4 is 18.3 Å². The molecule has 0 radical (unpaired) electrons. The zero-order chi connectivity index (χ0) is 14.6. The number of carbonyl (C=O) groups is 1. The van der Waals surface area contributed by atoms with Gasteiger partial charge >= 0.3 is 0 Å². The Morgan fingerprint density at radius 1 is 1.29 bits per heavy atom. The average molecular weight is 311 g/mol. The first-order valence-corrected chi connectivity index (χ1v) is 7.66. The summed E-state index contributed by atoms with van der Waals surface area (Å²) in [5, 5.41) is 3.10. The summed E-state index contributed by atoms with van der Waals surface area (Å²) in [5.74, 6) is 0.0262. The number of halogens is 1. The van der Waals surface area contributed by atoms with Gasteiger partial charge in [-0.2, -0.15) is 0 Å². The molecule has 1 aromatic rings. The van der Waals surface area contributed by atoms with Crippen molar-refractivity contribution in [3.05, 3.63) is 35.4 Å². The van der Waals surface area contributed by atoms with Gasteiger partial charge in [0.25, 0.3) is 0 Å². The Kier molecular flexibility index (Phi) is 6.69. The van der Waals surface area contributed by atoms with Crippen LogP contribution in [0.3, 0.4) is 0 Å². The van der Waals surface area contributed by atoms with Crippen molar-refractivity contribution in [2.24, 2.45) is 5.73 Å². The summed E-state index contributed by atoms with van der Waals surface area (Å²) >= 11 is 0. The van der Waals surface area contributed by atoms with Crippen LogP contribution < -0.4 is 11.1 Å². The predicted molar refractivity (Wildman–Crippen MR) is 89.7 cm³/mol. The number of nitrogens with one attached hydrogen (secondary N) is 1. The van der Waals surface area contributed by atoms with Crippen LogP contribution in [0.15, 0.2) is 24.3 Å². The van der Waals surface area contributed by atoms with E-state index in [1.54, 1.807) is 0 Å². The minimum atomic E-state index is -0.641. The van der Waals surface area contributed by atoms with E-state index in [0.29, 0.717) is 0 Å². The summed E-state index contributed by atoms with van der Waals surface area (Å²) in [6.45, 7) is 4.16. The topological polar surface area (TPSA) is 55.1 Å². The van der Waals surface area contributed by atoms with Crippen molar-refractivity contribution in [3.63, 3.8) is 0 Å². The van der Waals surface area contributed by atoms with E-state index in [4.69, 9.17) is 5.73 Å². The molecule has 118 valence electrons. The first-order valence-electron chi connectivity index (χ1n) is 7.66. The molecule has 0 aliphatic heterocycles. The summed E-state index contributed by atoms with van der Waals surface area (Å²) in [6.07, 6.45) is 5.82.